The average Bonchev–Trinajstić information content (AvgIpc) is 2.89. The summed E-state index contributed by atoms with van der Waals surface area (Å²) in [7, 11) is 0. The lowest BCUT2D eigenvalue weighted by atomic mass is 10.0. The van der Waals surface area contributed by atoms with Crippen molar-refractivity contribution >= 4 is 22.9 Å². The van der Waals surface area contributed by atoms with Crippen LogP contribution >= 0.6 is 0 Å². The maximum atomic E-state index is 14.6. The van der Waals surface area contributed by atoms with Crippen molar-refractivity contribution < 1.29 is 9.18 Å². The third kappa shape index (κ3) is 3.42. The first-order valence-electron chi connectivity index (χ1n) is 8.34. The summed E-state index contributed by atoms with van der Waals surface area (Å²) in [6, 6.07) is 1.21. The number of halogens is 1. The highest BCUT2D eigenvalue weighted by molar-refractivity contribution is 6.08. The molecule has 0 unspecified atom stereocenters. The van der Waals surface area contributed by atoms with Crippen LogP contribution in [0.25, 0.3) is 17.0 Å². The summed E-state index contributed by atoms with van der Waals surface area (Å²) >= 11 is 0. The van der Waals surface area contributed by atoms with Gasteiger partial charge in [-0.25, -0.2) is 4.39 Å². The normalized spacial score (nSPS) is 15.4. The molecular formula is C20H22FN3O. The number of benzene rings is 1. The lowest BCUT2D eigenvalue weighted by molar-refractivity contribution is 0.100. The minimum absolute atomic E-state index is 0.176. The first-order chi connectivity index (χ1) is 12.0. The van der Waals surface area contributed by atoms with Crippen molar-refractivity contribution in [1.29, 1.82) is 0 Å². The molecule has 130 valence electrons. The van der Waals surface area contributed by atoms with Crippen LogP contribution in [0, 0.1) is 19.7 Å². The van der Waals surface area contributed by atoms with E-state index < -0.39 is 11.7 Å². The number of carbonyl (C=O) groups is 1. The zero-order valence-electron chi connectivity index (χ0n) is 14.4. The molecule has 1 aliphatic rings. The minimum atomic E-state index is -0.641. The standard InChI is InChI=1S/C20H22FN3O/c1-12-13(2)24-19-16(20(22)25)10-17(21)15(18(12)19)8-4-3-6-14-7-5-9-23-11-14/h3-4,6-8,10,23-24H,5,9,11H2,1-2H3,(H2,22,25)/b6-3-,8-4+. The second kappa shape index (κ2) is 7.07. The fourth-order valence-corrected chi connectivity index (χ4v) is 3.13. The smallest absolute Gasteiger partial charge is 0.250 e. The van der Waals surface area contributed by atoms with Gasteiger partial charge in [0.2, 0.25) is 0 Å². The number of nitrogens with two attached hydrogens (primary N) is 1. The molecule has 1 aromatic carbocycles. The van der Waals surface area contributed by atoms with Crippen molar-refractivity contribution in [2.45, 2.75) is 20.3 Å². The van der Waals surface area contributed by atoms with Gasteiger partial charge in [0, 0.05) is 23.2 Å². The number of hydrogen-bond acceptors (Lipinski definition) is 2. The topological polar surface area (TPSA) is 70.9 Å². The minimum Gasteiger partial charge on any atom is -0.366 e. The number of fused-ring (bicyclic) bond motifs is 1. The summed E-state index contributed by atoms with van der Waals surface area (Å²) in [4.78, 5) is 14.8. The molecule has 25 heavy (non-hydrogen) atoms. The molecule has 0 spiro atoms. The number of aromatic nitrogens is 1. The van der Waals surface area contributed by atoms with E-state index in [1.165, 1.54) is 11.6 Å². The van der Waals surface area contributed by atoms with E-state index in [0.717, 1.165) is 30.8 Å². The van der Waals surface area contributed by atoms with Crippen molar-refractivity contribution in [3.63, 3.8) is 0 Å². The van der Waals surface area contributed by atoms with Gasteiger partial charge in [-0.15, -0.1) is 0 Å². The molecule has 2 heterocycles. The van der Waals surface area contributed by atoms with Crippen molar-refractivity contribution in [3.8, 4) is 0 Å². The van der Waals surface area contributed by atoms with Crippen LogP contribution in [0.15, 0.2) is 35.9 Å². The Bertz CT molecular complexity index is 919. The predicted molar refractivity (Wildman–Crippen MR) is 100.0 cm³/mol. The molecular weight excluding hydrogens is 317 g/mol. The van der Waals surface area contributed by atoms with Crippen molar-refractivity contribution in [3.05, 3.63) is 64.1 Å². The number of nitrogens with one attached hydrogen (secondary N) is 2. The Morgan fingerprint density at radius 3 is 2.72 bits per heavy atom. The molecule has 1 aliphatic heterocycles. The summed E-state index contributed by atoms with van der Waals surface area (Å²) < 4.78 is 14.6. The van der Waals surface area contributed by atoms with E-state index in [1.807, 2.05) is 32.1 Å². The number of aryl methyl sites for hydroxylation is 2. The Morgan fingerprint density at radius 1 is 1.28 bits per heavy atom. The van der Waals surface area contributed by atoms with Gasteiger partial charge in [0.1, 0.15) is 5.82 Å². The van der Waals surface area contributed by atoms with E-state index in [4.69, 9.17) is 5.73 Å². The Labute approximate surface area is 146 Å². The predicted octanol–water partition coefficient (Wildman–Crippen LogP) is 3.51. The Balaban J connectivity index is 2.01. The van der Waals surface area contributed by atoms with Gasteiger partial charge in [-0.1, -0.05) is 30.4 Å². The molecule has 4 nitrogen and oxygen atoms in total. The second-order valence-corrected chi connectivity index (χ2v) is 6.27. The molecule has 0 atom stereocenters. The molecule has 4 N–H and O–H groups in total. The van der Waals surface area contributed by atoms with Crippen molar-refractivity contribution in [2.24, 2.45) is 5.73 Å². The number of amides is 1. The number of carbonyl (C=O) groups excluding carboxylic acids is 1. The Morgan fingerprint density at radius 2 is 2.04 bits per heavy atom. The molecule has 0 fully saturated rings. The molecule has 0 radical (unpaired) electrons. The number of hydrogen-bond donors (Lipinski definition) is 3. The van der Waals surface area contributed by atoms with E-state index in [0.29, 0.717) is 16.5 Å². The van der Waals surface area contributed by atoms with Gasteiger partial charge in [-0.05, 0) is 44.0 Å². The Kier molecular flexibility index (Phi) is 4.86. The van der Waals surface area contributed by atoms with Crippen LogP contribution in [0.4, 0.5) is 4.39 Å². The Hall–Kier alpha value is -2.66. The summed E-state index contributed by atoms with van der Waals surface area (Å²) in [6.07, 6.45) is 10.7. The third-order valence-corrected chi connectivity index (χ3v) is 4.57. The van der Waals surface area contributed by atoms with Crippen LogP contribution in [0.1, 0.15) is 33.6 Å². The zero-order valence-corrected chi connectivity index (χ0v) is 14.4. The van der Waals surface area contributed by atoms with Crippen LogP contribution in [0.3, 0.4) is 0 Å². The molecule has 2 aromatic rings. The number of primary amides is 1. The van der Waals surface area contributed by atoms with Gasteiger partial charge in [0.15, 0.2) is 0 Å². The van der Waals surface area contributed by atoms with E-state index in [-0.39, 0.29) is 5.56 Å². The molecule has 3 rings (SSSR count). The number of rotatable bonds is 4. The number of allylic oxidation sites excluding steroid dienone is 2. The molecule has 0 aliphatic carbocycles. The van der Waals surface area contributed by atoms with Crippen LogP contribution in [-0.4, -0.2) is 24.0 Å². The first kappa shape index (κ1) is 17.2. The fraction of sp³-hybridized carbons (Fsp3) is 0.250. The van der Waals surface area contributed by atoms with E-state index in [2.05, 4.69) is 16.4 Å². The van der Waals surface area contributed by atoms with Gasteiger partial charge < -0.3 is 16.0 Å². The second-order valence-electron chi connectivity index (χ2n) is 6.27. The highest BCUT2D eigenvalue weighted by atomic mass is 19.1. The van der Waals surface area contributed by atoms with Crippen LogP contribution in [0.2, 0.25) is 0 Å². The van der Waals surface area contributed by atoms with Crippen molar-refractivity contribution in [1.82, 2.24) is 10.3 Å². The maximum absolute atomic E-state index is 14.6. The van der Waals surface area contributed by atoms with Gasteiger partial charge >= 0.3 is 0 Å². The number of aromatic amines is 1. The molecule has 5 heteroatoms. The highest BCUT2D eigenvalue weighted by Crippen LogP contribution is 2.31. The van der Waals surface area contributed by atoms with E-state index >= 15 is 0 Å². The molecule has 0 bridgehead atoms. The van der Waals surface area contributed by atoms with E-state index in [1.54, 1.807) is 6.08 Å². The first-order valence-corrected chi connectivity index (χ1v) is 8.34. The average molecular weight is 339 g/mol. The van der Waals surface area contributed by atoms with Gasteiger partial charge in [0.25, 0.3) is 5.91 Å². The quantitative estimate of drug-likeness (QED) is 0.746. The molecule has 1 aromatic heterocycles. The maximum Gasteiger partial charge on any atom is 0.250 e. The van der Waals surface area contributed by atoms with Gasteiger partial charge in [0.05, 0.1) is 11.1 Å². The molecule has 0 saturated heterocycles. The van der Waals surface area contributed by atoms with Gasteiger partial charge in [-0.2, -0.15) is 0 Å². The fourth-order valence-electron chi connectivity index (χ4n) is 3.13. The summed E-state index contributed by atoms with van der Waals surface area (Å²) in [5.41, 5.74) is 9.65. The summed E-state index contributed by atoms with van der Waals surface area (Å²) in [5.74, 6) is -1.09. The van der Waals surface area contributed by atoms with Gasteiger partial charge in [-0.3, -0.25) is 4.79 Å². The van der Waals surface area contributed by atoms with Crippen molar-refractivity contribution in [2.75, 3.05) is 13.1 Å². The monoisotopic (exact) mass is 339 g/mol. The third-order valence-electron chi connectivity index (χ3n) is 4.57. The summed E-state index contributed by atoms with van der Waals surface area (Å²) in [5, 5.41) is 4.01. The van der Waals surface area contributed by atoms with E-state index in [9.17, 15) is 9.18 Å². The highest BCUT2D eigenvalue weighted by Gasteiger charge is 2.18. The lowest BCUT2D eigenvalue weighted by Gasteiger charge is -2.09. The SMILES string of the molecule is Cc1[nH]c2c(C(N)=O)cc(F)c(/C=C/C=C\C3=CCCNC3)c2c1C. The zero-order chi connectivity index (χ0) is 18.0. The number of H-pyrrole nitrogens is 1. The molecule has 0 saturated carbocycles. The molecule has 1 amide bonds. The van der Waals surface area contributed by atoms with Crippen LogP contribution in [0.5, 0.6) is 0 Å². The largest absolute Gasteiger partial charge is 0.366 e. The lowest BCUT2D eigenvalue weighted by Crippen LogP contribution is -2.21. The summed E-state index contributed by atoms with van der Waals surface area (Å²) in [6.45, 7) is 5.67. The van der Waals surface area contributed by atoms with Crippen LogP contribution in [-0.2, 0) is 0 Å². The van der Waals surface area contributed by atoms with Crippen LogP contribution < -0.4 is 11.1 Å².